The molecule has 2 aromatic carbocycles. The molecule has 10 heteroatoms. The fourth-order valence-corrected chi connectivity index (χ4v) is 5.00. The molecule has 2 heterocycles. The van der Waals surface area contributed by atoms with Crippen LogP contribution in [-0.2, 0) is 14.3 Å². The lowest BCUT2D eigenvalue weighted by molar-refractivity contribution is -0.139. The number of amides is 2. The van der Waals surface area contributed by atoms with Crippen molar-refractivity contribution in [3.05, 3.63) is 54.1 Å². The molecule has 0 saturated heterocycles. The van der Waals surface area contributed by atoms with Crippen LogP contribution in [0.2, 0.25) is 0 Å². The molecule has 1 aliphatic heterocycles. The number of imidazole rings is 1. The first-order valence-electron chi connectivity index (χ1n) is 12.2. The zero-order valence-electron chi connectivity index (χ0n) is 19.8. The van der Waals surface area contributed by atoms with E-state index < -0.39 is 18.2 Å². The lowest BCUT2D eigenvalue weighted by Gasteiger charge is -2.33. The maximum atomic E-state index is 12.7. The molecule has 2 aliphatic rings. The molecule has 0 bridgehead atoms. The van der Waals surface area contributed by atoms with Gasteiger partial charge in [0, 0.05) is 18.2 Å². The number of nitrogens with one attached hydrogen (secondary N) is 3. The van der Waals surface area contributed by atoms with Gasteiger partial charge in [0.05, 0.1) is 23.1 Å². The average Bonchev–Trinajstić information content (AvgIpc) is 3.28. The number of carbonyl (C=O) groups is 3. The van der Waals surface area contributed by atoms with Gasteiger partial charge in [0.2, 0.25) is 11.9 Å². The number of carbonyl (C=O) groups excluding carboxylic acids is 2. The molecular weight excluding hydrogens is 462 g/mol. The van der Waals surface area contributed by atoms with Gasteiger partial charge in [0.1, 0.15) is 12.6 Å². The van der Waals surface area contributed by atoms with E-state index in [0.29, 0.717) is 29.8 Å². The third-order valence-electron chi connectivity index (χ3n) is 6.86. The van der Waals surface area contributed by atoms with Gasteiger partial charge >= 0.3 is 12.1 Å². The SMILES string of the molecule is O=C(O)CC1OC(=O)N(CC(=O)NCC2CCC(Nc3nc4ccccc4[nH]3)CC2)c2ccccc21. The highest BCUT2D eigenvalue weighted by atomic mass is 16.6. The second-order valence-electron chi connectivity index (χ2n) is 9.38. The zero-order valence-corrected chi connectivity index (χ0v) is 19.8. The van der Waals surface area contributed by atoms with Crippen molar-refractivity contribution >= 4 is 40.6 Å². The molecular formula is C26H29N5O5. The average molecular weight is 492 g/mol. The maximum absolute atomic E-state index is 12.7. The fraction of sp³-hybridized carbons (Fsp3) is 0.385. The number of ether oxygens (including phenoxy) is 1. The molecule has 1 aromatic heterocycles. The molecule has 36 heavy (non-hydrogen) atoms. The van der Waals surface area contributed by atoms with Crippen molar-refractivity contribution in [2.75, 3.05) is 23.3 Å². The number of aromatic nitrogens is 2. The molecule has 188 valence electrons. The first-order valence-corrected chi connectivity index (χ1v) is 12.2. The van der Waals surface area contributed by atoms with Crippen molar-refractivity contribution in [3.63, 3.8) is 0 Å². The number of H-pyrrole nitrogens is 1. The molecule has 0 spiro atoms. The summed E-state index contributed by atoms with van der Waals surface area (Å²) < 4.78 is 5.32. The summed E-state index contributed by atoms with van der Waals surface area (Å²) in [6.07, 6.45) is 2.01. The van der Waals surface area contributed by atoms with Crippen molar-refractivity contribution in [1.82, 2.24) is 15.3 Å². The second-order valence-corrected chi connectivity index (χ2v) is 9.38. The summed E-state index contributed by atoms with van der Waals surface area (Å²) in [6.45, 7) is 0.362. The van der Waals surface area contributed by atoms with Crippen LogP contribution in [0, 0.1) is 5.92 Å². The van der Waals surface area contributed by atoms with Gasteiger partial charge in [-0.2, -0.15) is 0 Å². The first kappa shape index (κ1) is 23.7. The van der Waals surface area contributed by atoms with Crippen LogP contribution in [0.1, 0.15) is 43.8 Å². The van der Waals surface area contributed by atoms with Gasteiger partial charge in [-0.15, -0.1) is 0 Å². The highest BCUT2D eigenvalue weighted by molar-refractivity contribution is 5.97. The Morgan fingerprint density at radius 3 is 2.61 bits per heavy atom. The summed E-state index contributed by atoms with van der Waals surface area (Å²) in [4.78, 5) is 45.5. The molecule has 2 amide bonds. The van der Waals surface area contributed by atoms with Gasteiger partial charge in [-0.1, -0.05) is 30.3 Å². The van der Waals surface area contributed by atoms with Crippen LogP contribution in [0.25, 0.3) is 11.0 Å². The maximum Gasteiger partial charge on any atom is 0.415 e. The van der Waals surface area contributed by atoms with Gasteiger partial charge in [0.25, 0.3) is 0 Å². The topological polar surface area (TPSA) is 137 Å². The number of cyclic esters (lactones) is 1. The predicted octanol–water partition coefficient (Wildman–Crippen LogP) is 3.82. The quantitative estimate of drug-likeness (QED) is 0.376. The van der Waals surface area contributed by atoms with Crippen LogP contribution in [-0.4, -0.2) is 52.2 Å². The zero-order chi connectivity index (χ0) is 25.1. The number of benzene rings is 2. The number of hydrogen-bond acceptors (Lipinski definition) is 6. The minimum absolute atomic E-state index is 0.182. The van der Waals surface area contributed by atoms with Crippen molar-refractivity contribution in [1.29, 1.82) is 0 Å². The smallest absolute Gasteiger partial charge is 0.415 e. The molecule has 1 unspecified atom stereocenters. The Balaban J connectivity index is 1.10. The second kappa shape index (κ2) is 10.3. The molecule has 1 saturated carbocycles. The molecule has 4 N–H and O–H groups in total. The normalized spacial score (nSPS) is 21.5. The predicted molar refractivity (Wildman–Crippen MR) is 134 cm³/mol. The van der Waals surface area contributed by atoms with E-state index in [-0.39, 0.29) is 18.9 Å². The number of anilines is 2. The van der Waals surface area contributed by atoms with E-state index in [1.807, 2.05) is 24.3 Å². The molecule has 1 aliphatic carbocycles. The first-order chi connectivity index (χ1) is 17.5. The monoisotopic (exact) mass is 491 g/mol. The van der Waals surface area contributed by atoms with Gasteiger partial charge in [0.15, 0.2) is 0 Å². The highest BCUT2D eigenvalue weighted by Crippen LogP contribution is 2.36. The van der Waals surface area contributed by atoms with Crippen LogP contribution in [0.4, 0.5) is 16.4 Å². The van der Waals surface area contributed by atoms with Crippen LogP contribution in [0.15, 0.2) is 48.5 Å². The Morgan fingerprint density at radius 2 is 1.83 bits per heavy atom. The molecule has 10 nitrogen and oxygen atoms in total. The molecule has 1 atom stereocenters. The number of nitrogens with zero attached hydrogens (tertiary/aromatic N) is 2. The Labute approximate surface area is 208 Å². The van der Waals surface area contributed by atoms with Gasteiger partial charge in [-0.05, 0) is 49.8 Å². The summed E-state index contributed by atoms with van der Waals surface area (Å²) in [5.41, 5.74) is 3.04. The number of rotatable bonds is 8. The Hall–Kier alpha value is -4.08. The van der Waals surface area contributed by atoms with E-state index in [4.69, 9.17) is 9.84 Å². The number of hydrogen-bond donors (Lipinski definition) is 4. The van der Waals surface area contributed by atoms with Gasteiger partial charge < -0.3 is 25.5 Å². The molecule has 0 radical (unpaired) electrons. The van der Waals surface area contributed by atoms with Crippen LogP contribution in [0.5, 0.6) is 0 Å². The lowest BCUT2D eigenvalue weighted by Crippen LogP contribution is -2.45. The van der Waals surface area contributed by atoms with Crippen LogP contribution in [0.3, 0.4) is 0 Å². The Kier molecular flexibility index (Phi) is 6.75. The van der Waals surface area contributed by atoms with E-state index in [1.165, 1.54) is 4.90 Å². The van der Waals surface area contributed by atoms with E-state index in [1.54, 1.807) is 24.3 Å². The Bertz CT molecular complexity index is 1230. The standard InChI is InChI=1S/C26H29N5O5/c32-23(15-31-21-8-4-1-5-18(21)22(13-24(33)34)36-26(31)35)27-14-16-9-11-17(12-10-16)28-25-29-19-6-2-3-7-20(19)30-25/h1-8,16-17,22H,9-15H2,(H,27,32)(H,33,34)(H2,28,29,30). The number of carboxylic acids is 1. The largest absolute Gasteiger partial charge is 0.481 e. The van der Waals surface area contributed by atoms with Crippen LogP contribution >= 0.6 is 0 Å². The summed E-state index contributed by atoms with van der Waals surface area (Å²) in [5.74, 6) is -0.187. The van der Waals surface area contributed by atoms with Crippen molar-refractivity contribution in [2.45, 2.75) is 44.2 Å². The van der Waals surface area contributed by atoms with Crippen molar-refractivity contribution in [2.24, 2.45) is 5.92 Å². The van der Waals surface area contributed by atoms with E-state index in [9.17, 15) is 14.4 Å². The minimum Gasteiger partial charge on any atom is -0.481 e. The lowest BCUT2D eigenvalue weighted by atomic mass is 9.86. The third-order valence-corrected chi connectivity index (χ3v) is 6.86. The van der Waals surface area contributed by atoms with Crippen molar-refractivity contribution in [3.8, 4) is 0 Å². The van der Waals surface area contributed by atoms with Gasteiger partial charge in [-0.25, -0.2) is 9.78 Å². The summed E-state index contributed by atoms with van der Waals surface area (Å²) in [7, 11) is 0. The van der Waals surface area contributed by atoms with Crippen molar-refractivity contribution < 1.29 is 24.2 Å². The molecule has 3 aromatic rings. The summed E-state index contributed by atoms with van der Waals surface area (Å²) >= 11 is 0. The Morgan fingerprint density at radius 1 is 1.08 bits per heavy atom. The highest BCUT2D eigenvalue weighted by Gasteiger charge is 2.35. The van der Waals surface area contributed by atoms with Gasteiger partial charge in [-0.3, -0.25) is 14.5 Å². The van der Waals surface area contributed by atoms with Crippen LogP contribution < -0.4 is 15.5 Å². The fourth-order valence-electron chi connectivity index (χ4n) is 5.00. The van der Waals surface area contributed by atoms with E-state index >= 15 is 0 Å². The number of para-hydroxylation sites is 3. The summed E-state index contributed by atoms with van der Waals surface area (Å²) in [5, 5.41) is 15.6. The van der Waals surface area contributed by atoms with E-state index in [0.717, 1.165) is 42.7 Å². The minimum atomic E-state index is -1.06. The number of carboxylic acid groups (broad SMARTS) is 1. The number of fused-ring (bicyclic) bond motifs is 2. The number of aromatic amines is 1. The molecule has 5 rings (SSSR count). The number of aliphatic carboxylic acids is 1. The summed E-state index contributed by atoms with van der Waals surface area (Å²) in [6, 6.07) is 15.2. The van der Waals surface area contributed by atoms with E-state index in [2.05, 4.69) is 20.6 Å². The molecule has 1 fully saturated rings. The third kappa shape index (κ3) is 5.27.